The molecular formula is C13H10ClN3O5S. The Kier molecular flexibility index (Phi) is 4.82. The fraction of sp³-hybridized carbons (Fsp3) is 0. The van der Waals surface area contributed by atoms with Gasteiger partial charge in [0, 0.05) is 17.8 Å². The maximum absolute atomic E-state index is 12.1. The molecule has 0 saturated heterocycles. The second-order valence-electron chi connectivity index (χ2n) is 4.30. The number of nitrogens with zero attached hydrogens (tertiary/aromatic N) is 1. The number of rotatable bonds is 4. The fourth-order valence-electron chi connectivity index (χ4n) is 1.69. The molecule has 0 heterocycles. The number of urea groups is 1. The van der Waals surface area contributed by atoms with Crippen LogP contribution in [0.25, 0.3) is 0 Å². The van der Waals surface area contributed by atoms with Crippen molar-refractivity contribution in [3.63, 3.8) is 0 Å². The van der Waals surface area contributed by atoms with Crippen LogP contribution in [-0.4, -0.2) is 19.4 Å². The largest absolute Gasteiger partial charge is 0.333 e. The van der Waals surface area contributed by atoms with Crippen LogP contribution in [0, 0.1) is 10.1 Å². The van der Waals surface area contributed by atoms with Gasteiger partial charge >= 0.3 is 6.03 Å². The first kappa shape index (κ1) is 16.7. The number of halogens is 1. The molecule has 0 aliphatic heterocycles. The number of sulfonamides is 1. The maximum Gasteiger partial charge on any atom is 0.333 e. The molecule has 8 nitrogen and oxygen atoms in total. The molecule has 2 aromatic rings. The summed E-state index contributed by atoms with van der Waals surface area (Å²) < 4.78 is 25.9. The number of nitro benzene ring substituents is 1. The molecule has 0 saturated carbocycles. The highest BCUT2D eigenvalue weighted by atomic mass is 35.5. The van der Waals surface area contributed by atoms with E-state index in [-0.39, 0.29) is 21.3 Å². The van der Waals surface area contributed by atoms with Crippen molar-refractivity contribution < 1.29 is 18.1 Å². The van der Waals surface area contributed by atoms with E-state index < -0.39 is 21.0 Å². The minimum Gasteiger partial charge on any atom is -0.307 e. The Balaban J connectivity index is 2.15. The highest BCUT2D eigenvalue weighted by Crippen LogP contribution is 2.21. The van der Waals surface area contributed by atoms with Gasteiger partial charge in [0.1, 0.15) is 4.90 Å². The van der Waals surface area contributed by atoms with Crippen LogP contribution >= 0.6 is 11.6 Å². The van der Waals surface area contributed by atoms with Crippen molar-refractivity contribution in [2.24, 2.45) is 0 Å². The predicted molar refractivity (Wildman–Crippen MR) is 83.9 cm³/mol. The summed E-state index contributed by atoms with van der Waals surface area (Å²) in [4.78, 5) is 21.5. The van der Waals surface area contributed by atoms with Crippen LogP contribution in [-0.2, 0) is 10.0 Å². The number of benzene rings is 2. The number of hydrogen-bond donors (Lipinski definition) is 2. The van der Waals surface area contributed by atoms with Gasteiger partial charge in [-0.1, -0.05) is 29.8 Å². The lowest BCUT2D eigenvalue weighted by atomic mass is 10.3. The first-order chi connectivity index (χ1) is 10.8. The molecule has 23 heavy (non-hydrogen) atoms. The summed E-state index contributed by atoms with van der Waals surface area (Å²) in [5, 5.41) is 12.8. The highest BCUT2D eigenvalue weighted by molar-refractivity contribution is 7.90. The number of nitrogens with one attached hydrogen (secondary N) is 2. The standard InChI is InChI=1S/C13H10ClN3O5S/c14-11-6-1-2-7-12(11)23(21,22)16-13(18)15-9-4-3-5-10(8-9)17(19)20/h1-8H,(H2,15,16,18). The third-order valence-electron chi connectivity index (χ3n) is 2.67. The van der Waals surface area contributed by atoms with Gasteiger partial charge in [-0.25, -0.2) is 17.9 Å². The minimum absolute atomic E-state index is 0.0388. The minimum atomic E-state index is -4.16. The van der Waals surface area contributed by atoms with Gasteiger partial charge in [0.05, 0.1) is 9.95 Å². The van der Waals surface area contributed by atoms with E-state index in [1.807, 2.05) is 0 Å². The Bertz CT molecular complexity index is 869. The van der Waals surface area contributed by atoms with Gasteiger partial charge in [0.25, 0.3) is 15.7 Å². The van der Waals surface area contributed by atoms with Crippen molar-refractivity contribution >= 4 is 39.0 Å². The molecular weight excluding hydrogens is 346 g/mol. The van der Waals surface area contributed by atoms with Crippen LogP contribution in [0.4, 0.5) is 16.2 Å². The van der Waals surface area contributed by atoms with Gasteiger partial charge < -0.3 is 5.32 Å². The third-order valence-corrected chi connectivity index (χ3v) is 4.50. The molecule has 0 bridgehead atoms. The van der Waals surface area contributed by atoms with Gasteiger partial charge in [-0.15, -0.1) is 0 Å². The lowest BCUT2D eigenvalue weighted by Crippen LogP contribution is -2.34. The van der Waals surface area contributed by atoms with Crippen LogP contribution in [0.3, 0.4) is 0 Å². The highest BCUT2D eigenvalue weighted by Gasteiger charge is 2.20. The molecule has 0 spiro atoms. The summed E-state index contributed by atoms with van der Waals surface area (Å²) in [5.74, 6) is 0. The molecule has 2 N–H and O–H groups in total. The Morgan fingerprint density at radius 1 is 1.13 bits per heavy atom. The number of hydrogen-bond acceptors (Lipinski definition) is 5. The van der Waals surface area contributed by atoms with Gasteiger partial charge in [0.15, 0.2) is 0 Å². The third kappa shape index (κ3) is 4.18. The number of amides is 2. The Labute approximate surface area is 136 Å². The van der Waals surface area contributed by atoms with Gasteiger partial charge in [-0.05, 0) is 18.2 Å². The number of anilines is 1. The van der Waals surface area contributed by atoms with Gasteiger partial charge in [-0.2, -0.15) is 0 Å². The zero-order valence-corrected chi connectivity index (χ0v) is 13.0. The average Bonchev–Trinajstić information content (AvgIpc) is 2.47. The zero-order chi connectivity index (χ0) is 17.0. The topological polar surface area (TPSA) is 118 Å². The van der Waals surface area contributed by atoms with E-state index in [1.165, 1.54) is 36.4 Å². The van der Waals surface area contributed by atoms with Crippen molar-refractivity contribution in [2.75, 3.05) is 5.32 Å². The van der Waals surface area contributed by atoms with Crippen LogP contribution in [0.15, 0.2) is 53.4 Å². The summed E-state index contributed by atoms with van der Waals surface area (Å²) in [5.41, 5.74) is -0.164. The Hall–Kier alpha value is -2.65. The van der Waals surface area contributed by atoms with E-state index in [0.717, 1.165) is 6.07 Å². The average molecular weight is 356 g/mol. The number of non-ortho nitro benzene ring substituents is 1. The number of carbonyl (C=O) groups is 1. The molecule has 0 aromatic heterocycles. The van der Waals surface area contributed by atoms with Crippen molar-refractivity contribution in [1.29, 1.82) is 0 Å². The summed E-state index contributed by atoms with van der Waals surface area (Å²) in [6, 6.07) is 9.63. The molecule has 2 amide bonds. The van der Waals surface area contributed by atoms with Crippen LogP contribution in [0.1, 0.15) is 0 Å². The molecule has 0 fully saturated rings. The maximum atomic E-state index is 12.1. The Morgan fingerprint density at radius 2 is 1.83 bits per heavy atom. The van der Waals surface area contributed by atoms with Crippen molar-refractivity contribution in [3.8, 4) is 0 Å². The number of nitro groups is 1. The van der Waals surface area contributed by atoms with E-state index in [4.69, 9.17) is 11.6 Å². The molecule has 0 aliphatic rings. The van der Waals surface area contributed by atoms with Crippen molar-refractivity contribution in [1.82, 2.24) is 4.72 Å². The van der Waals surface area contributed by atoms with Crippen LogP contribution in [0.5, 0.6) is 0 Å². The molecule has 2 rings (SSSR count). The lowest BCUT2D eigenvalue weighted by Gasteiger charge is -2.09. The van der Waals surface area contributed by atoms with E-state index in [9.17, 15) is 23.3 Å². The first-order valence-corrected chi connectivity index (χ1v) is 7.98. The molecule has 0 atom stereocenters. The number of carbonyl (C=O) groups excluding carboxylic acids is 1. The second-order valence-corrected chi connectivity index (χ2v) is 6.36. The van der Waals surface area contributed by atoms with E-state index >= 15 is 0 Å². The molecule has 0 unspecified atom stereocenters. The monoisotopic (exact) mass is 355 g/mol. The summed E-state index contributed by atoms with van der Waals surface area (Å²) in [6.45, 7) is 0. The molecule has 10 heteroatoms. The molecule has 2 aromatic carbocycles. The summed E-state index contributed by atoms with van der Waals surface area (Å²) in [6.07, 6.45) is 0. The van der Waals surface area contributed by atoms with Crippen LogP contribution < -0.4 is 10.0 Å². The van der Waals surface area contributed by atoms with Gasteiger partial charge in [-0.3, -0.25) is 10.1 Å². The zero-order valence-electron chi connectivity index (χ0n) is 11.4. The van der Waals surface area contributed by atoms with Crippen molar-refractivity contribution in [2.45, 2.75) is 4.90 Å². The van der Waals surface area contributed by atoms with Crippen molar-refractivity contribution in [3.05, 3.63) is 63.7 Å². The summed E-state index contributed by atoms with van der Waals surface area (Å²) in [7, 11) is -4.16. The second kappa shape index (κ2) is 6.63. The van der Waals surface area contributed by atoms with Gasteiger partial charge in [0.2, 0.25) is 0 Å². The quantitative estimate of drug-likeness (QED) is 0.645. The van der Waals surface area contributed by atoms with E-state index in [1.54, 1.807) is 10.8 Å². The fourth-order valence-corrected chi connectivity index (χ4v) is 3.12. The smallest absolute Gasteiger partial charge is 0.307 e. The van der Waals surface area contributed by atoms with Crippen LogP contribution in [0.2, 0.25) is 5.02 Å². The predicted octanol–water partition coefficient (Wildman–Crippen LogP) is 2.76. The molecule has 120 valence electrons. The molecule has 0 radical (unpaired) electrons. The normalized spacial score (nSPS) is 10.8. The Morgan fingerprint density at radius 3 is 2.48 bits per heavy atom. The lowest BCUT2D eigenvalue weighted by molar-refractivity contribution is -0.384. The SMILES string of the molecule is O=C(Nc1cccc([N+](=O)[O-])c1)NS(=O)(=O)c1ccccc1Cl. The summed E-state index contributed by atoms with van der Waals surface area (Å²) >= 11 is 5.78. The first-order valence-electron chi connectivity index (χ1n) is 6.12. The van der Waals surface area contributed by atoms with E-state index in [2.05, 4.69) is 5.32 Å². The van der Waals surface area contributed by atoms with E-state index in [0.29, 0.717) is 0 Å². The molecule has 0 aliphatic carbocycles.